The summed E-state index contributed by atoms with van der Waals surface area (Å²) in [6.45, 7) is 3.70. The van der Waals surface area contributed by atoms with Crippen LogP contribution >= 0.6 is 0 Å². The number of aromatic hydroxyl groups is 1. The molecule has 4 heteroatoms. The van der Waals surface area contributed by atoms with Crippen molar-refractivity contribution in [2.75, 3.05) is 0 Å². The van der Waals surface area contributed by atoms with Crippen molar-refractivity contribution >= 4 is 23.3 Å². The first-order valence-corrected chi connectivity index (χ1v) is 8.29. The van der Waals surface area contributed by atoms with Gasteiger partial charge < -0.3 is 5.11 Å². The maximum Gasteiger partial charge on any atom is 0.127 e. The molecule has 0 aliphatic heterocycles. The summed E-state index contributed by atoms with van der Waals surface area (Å²) in [5.74, 6) is 0.240. The van der Waals surface area contributed by atoms with E-state index >= 15 is 0 Å². The van der Waals surface area contributed by atoms with Gasteiger partial charge in [0, 0.05) is 11.8 Å². The Morgan fingerprint density at radius 3 is 2.12 bits per heavy atom. The Labute approximate surface area is 152 Å². The average Bonchev–Trinajstić information content (AvgIpc) is 2.69. The van der Waals surface area contributed by atoms with E-state index in [1.807, 2.05) is 72.8 Å². The van der Waals surface area contributed by atoms with Crippen LogP contribution in [0.15, 0.2) is 101 Å². The van der Waals surface area contributed by atoms with Gasteiger partial charge in [-0.1, -0.05) is 36.4 Å². The van der Waals surface area contributed by atoms with Crippen molar-refractivity contribution in [3.05, 3.63) is 96.6 Å². The first kappa shape index (κ1) is 17.3. The molecule has 0 spiro atoms. The van der Waals surface area contributed by atoms with Gasteiger partial charge in [0.1, 0.15) is 5.75 Å². The molecule has 0 atom stereocenters. The molecule has 0 amide bonds. The van der Waals surface area contributed by atoms with Crippen LogP contribution in [-0.4, -0.2) is 11.3 Å². The summed E-state index contributed by atoms with van der Waals surface area (Å²) < 4.78 is 0. The number of rotatable bonds is 6. The lowest BCUT2D eigenvalue weighted by atomic mass is 10.1. The van der Waals surface area contributed by atoms with Crippen LogP contribution in [0, 0.1) is 0 Å². The Morgan fingerprint density at radius 2 is 1.42 bits per heavy atom. The quantitative estimate of drug-likeness (QED) is 0.320. The van der Waals surface area contributed by atoms with Gasteiger partial charge in [-0.25, -0.2) is 0 Å². The van der Waals surface area contributed by atoms with E-state index in [2.05, 4.69) is 21.8 Å². The molecular formula is C22H19N3O. The fourth-order valence-corrected chi connectivity index (χ4v) is 2.40. The van der Waals surface area contributed by atoms with E-state index in [9.17, 15) is 5.11 Å². The Hall–Kier alpha value is -3.53. The number of allylic oxidation sites excluding steroid dienone is 1. The topological polar surface area (TPSA) is 57.3 Å². The number of phenols is 1. The third-order valence-corrected chi connectivity index (χ3v) is 3.75. The molecular weight excluding hydrogens is 322 g/mol. The normalized spacial score (nSPS) is 11.2. The highest BCUT2D eigenvalue weighted by Gasteiger charge is 2.03. The molecule has 0 radical (unpaired) electrons. The van der Waals surface area contributed by atoms with E-state index in [-0.39, 0.29) is 5.75 Å². The van der Waals surface area contributed by atoms with E-state index in [4.69, 9.17) is 0 Å². The van der Waals surface area contributed by atoms with Gasteiger partial charge >= 0.3 is 0 Å². The minimum absolute atomic E-state index is 0.240. The Balaban J connectivity index is 1.71. The van der Waals surface area contributed by atoms with Gasteiger partial charge in [-0.15, -0.1) is 6.58 Å². The minimum Gasteiger partial charge on any atom is -0.507 e. The van der Waals surface area contributed by atoms with Crippen molar-refractivity contribution in [2.45, 2.75) is 6.42 Å². The van der Waals surface area contributed by atoms with E-state index in [1.165, 1.54) is 0 Å². The van der Waals surface area contributed by atoms with E-state index in [1.54, 1.807) is 12.3 Å². The highest BCUT2D eigenvalue weighted by atomic mass is 16.3. The molecule has 0 aliphatic rings. The Kier molecular flexibility index (Phi) is 5.68. The van der Waals surface area contributed by atoms with Crippen molar-refractivity contribution < 1.29 is 5.11 Å². The van der Waals surface area contributed by atoms with Gasteiger partial charge in [0.25, 0.3) is 0 Å². The third-order valence-electron chi connectivity index (χ3n) is 3.75. The number of hydrogen-bond acceptors (Lipinski definition) is 4. The second kappa shape index (κ2) is 8.53. The van der Waals surface area contributed by atoms with Crippen LogP contribution in [-0.2, 0) is 6.42 Å². The summed E-state index contributed by atoms with van der Waals surface area (Å²) >= 11 is 0. The van der Waals surface area contributed by atoms with Gasteiger partial charge in [-0.05, 0) is 54.4 Å². The lowest BCUT2D eigenvalue weighted by molar-refractivity contribution is 0.469. The summed E-state index contributed by atoms with van der Waals surface area (Å²) in [4.78, 5) is 4.41. The second-order valence-electron chi connectivity index (χ2n) is 5.66. The lowest BCUT2D eigenvalue weighted by Crippen LogP contribution is -1.88. The van der Waals surface area contributed by atoms with Crippen LogP contribution in [0.5, 0.6) is 5.75 Å². The van der Waals surface area contributed by atoms with E-state index in [0.717, 1.165) is 22.6 Å². The number of hydrogen-bond donors (Lipinski definition) is 1. The molecule has 4 nitrogen and oxygen atoms in total. The number of azo groups is 1. The summed E-state index contributed by atoms with van der Waals surface area (Å²) in [6, 6.07) is 22.6. The summed E-state index contributed by atoms with van der Waals surface area (Å²) in [5, 5.41) is 18.6. The lowest BCUT2D eigenvalue weighted by Gasteiger charge is -2.04. The van der Waals surface area contributed by atoms with Crippen molar-refractivity contribution in [3.8, 4) is 5.75 Å². The minimum atomic E-state index is 0.240. The molecule has 0 saturated carbocycles. The fraction of sp³-hybridized carbons (Fsp3) is 0.0455. The SMILES string of the molecule is C=CCc1cccc(C=Nc2ccc(N=Nc3ccccc3)cc2)c1O. The zero-order chi connectivity index (χ0) is 18.2. The molecule has 26 heavy (non-hydrogen) atoms. The van der Waals surface area contributed by atoms with Crippen LogP contribution < -0.4 is 0 Å². The summed E-state index contributed by atoms with van der Waals surface area (Å²) in [5.41, 5.74) is 3.85. The fourth-order valence-electron chi connectivity index (χ4n) is 2.40. The Morgan fingerprint density at radius 1 is 0.769 bits per heavy atom. The molecule has 0 saturated heterocycles. The molecule has 0 unspecified atom stereocenters. The molecule has 0 aromatic heterocycles. The molecule has 0 heterocycles. The maximum atomic E-state index is 10.3. The van der Waals surface area contributed by atoms with Crippen molar-refractivity contribution in [1.29, 1.82) is 0 Å². The van der Waals surface area contributed by atoms with Gasteiger partial charge in [0.05, 0.1) is 17.1 Å². The number of nitrogens with zero attached hydrogens (tertiary/aromatic N) is 3. The zero-order valence-corrected chi connectivity index (χ0v) is 14.3. The number of aliphatic imine (C=N–C) groups is 1. The highest BCUT2D eigenvalue weighted by molar-refractivity contribution is 5.86. The van der Waals surface area contributed by atoms with Crippen LogP contribution in [0.2, 0.25) is 0 Å². The number of benzene rings is 3. The standard InChI is InChI=1S/C22H19N3O/c1-2-7-17-8-6-9-18(22(17)26)16-23-19-12-14-21(15-13-19)25-24-20-10-4-3-5-11-20/h2-6,8-16,26H,1,7H2. The van der Waals surface area contributed by atoms with Crippen molar-refractivity contribution in [3.63, 3.8) is 0 Å². The number of para-hydroxylation sites is 1. The third kappa shape index (κ3) is 4.51. The van der Waals surface area contributed by atoms with Gasteiger partial charge in [0.2, 0.25) is 0 Å². The van der Waals surface area contributed by atoms with Crippen molar-refractivity contribution in [1.82, 2.24) is 0 Å². The van der Waals surface area contributed by atoms with Gasteiger partial charge in [-0.3, -0.25) is 4.99 Å². The van der Waals surface area contributed by atoms with E-state index < -0.39 is 0 Å². The molecule has 3 rings (SSSR count). The molecule has 0 fully saturated rings. The predicted octanol–water partition coefficient (Wildman–Crippen LogP) is 6.29. The van der Waals surface area contributed by atoms with Crippen molar-refractivity contribution in [2.24, 2.45) is 15.2 Å². The molecule has 0 bridgehead atoms. The summed E-state index contributed by atoms with van der Waals surface area (Å²) in [7, 11) is 0. The van der Waals surface area contributed by atoms with E-state index in [0.29, 0.717) is 12.0 Å². The molecule has 3 aromatic carbocycles. The predicted molar refractivity (Wildman–Crippen MR) is 106 cm³/mol. The largest absolute Gasteiger partial charge is 0.507 e. The second-order valence-corrected chi connectivity index (χ2v) is 5.66. The van der Waals surface area contributed by atoms with Crippen LogP contribution in [0.25, 0.3) is 0 Å². The molecule has 0 aliphatic carbocycles. The first-order chi connectivity index (χ1) is 12.8. The smallest absolute Gasteiger partial charge is 0.127 e. The van der Waals surface area contributed by atoms with Crippen LogP contribution in [0.4, 0.5) is 17.1 Å². The zero-order valence-electron chi connectivity index (χ0n) is 14.3. The Bertz CT molecular complexity index is 929. The molecule has 1 N–H and O–H groups in total. The average molecular weight is 341 g/mol. The highest BCUT2D eigenvalue weighted by Crippen LogP contribution is 2.24. The monoisotopic (exact) mass is 341 g/mol. The first-order valence-electron chi connectivity index (χ1n) is 8.29. The van der Waals surface area contributed by atoms with Gasteiger partial charge in [0.15, 0.2) is 0 Å². The number of phenolic OH excluding ortho intramolecular Hbond substituents is 1. The maximum absolute atomic E-state index is 10.3. The molecule has 3 aromatic rings. The van der Waals surface area contributed by atoms with Gasteiger partial charge in [-0.2, -0.15) is 10.2 Å². The van der Waals surface area contributed by atoms with Crippen LogP contribution in [0.1, 0.15) is 11.1 Å². The summed E-state index contributed by atoms with van der Waals surface area (Å²) in [6.07, 6.45) is 4.04. The molecule has 128 valence electrons. The van der Waals surface area contributed by atoms with Crippen LogP contribution in [0.3, 0.4) is 0 Å².